The molecule has 1 rings (SSSR count). The van der Waals surface area contributed by atoms with Crippen molar-refractivity contribution in [2.75, 3.05) is 18.5 Å². The van der Waals surface area contributed by atoms with Crippen molar-refractivity contribution in [1.29, 1.82) is 0 Å². The molecule has 0 aromatic heterocycles. The summed E-state index contributed by atoms with van der Waals surface area (Å²) in [6.07, 6.45) is 1.23. The van der Waals surface area contributed by atoms with Gasteiger partial charge in [-0.15, -0.1) is 0 Å². The monoisotopic (exact) mass is 280 g/mol. The highest BCUT2D eigenvalue weighted by atomic mass is 16.6. The lowest BCUT2D eigenvalue weighted by Gasteiger charge is -2.10. The highest BCUT2D eigenvalue weighted by Gasteiger charge is 2.13. The van der Waals surface area contributed by atoms with E-state index in [1.165, 1.54) is 24.5 Å². The van der Waals surface area contributed by atoms with Gasteiger partial charge in [0.05, 0.1) is 18.1 Å². The van der Waals surface area contributed by atoms with Gasteiger partial charge in [-0.05, 0) is 19.9 Å². The van der Waals surface area contributed by atoms with Gasteiger partial charge in [0.1, 0.15) is 6.26 Å². The molecule has 0 unspecified atom stereocenters. The number of ether oxygens (including phenoxy) is 2. The minimum absolute atomic E-state index is 0.0744. The SMILES string of the molecule is CCO/C=C(/Nc1cccc([N+](=O)[O-])c1)C(=O)OCC. The molecule has 0 aliphatic rings. The maximum atomic E-state index is 11.7. The molecule has 0 aliphatic heterocycles. The smallest absolute Gasteiger partial charge is 0.357 e. The standard InChI is InChI=1S/C13H16N2O5/c1-3-19-9-12(13(16)20-4-2)14-10-6-5-7-11(8-10)15(17)18/h5-9,14H,3-4H2,1-2H3/b12-9+. The first-order valence-corrected chi connectivity index (χ1v) is 6.08. The number of hydrogen-bond donors (Lipinski definition) is 1. The summed E-state index contributed by atoms with van der Waals surface area (Å²) in [5.41, 5.74) is 0.405. The minimum atomic E-state index is -0.590. The fourth-order valence-corrected chi connectivity index (χ4v) is 1.36. The molecule has 0 saturated carbocycles. The summed E-state index contributed by atoms with van der Waals surface area (Å²) in [5, 5.41) is 13.4. The largest absolute Gasteiger partial charge is 0.499 e. The van der Waals surface area contributed by atoms with Crippen molar-refractivity contribution in [3.63, 3.8) is 0 Å². The zero-order chi connectivity index (χ0) is 15.0. The van der Waals surface area contributed by atoms with Crippen molar-refractivity contribution in [3.05, 3.63) is 46.3 Å². The molecule has 7 nitrogen and oxygen atoms in total. The van der Waals surface area contributed by atoms with Crippen LogP contribution in [0.4, 0.5) is 11.4 Å². The molecule has 1 aromatic rings. The second kappa shape index (κ2) is 7.78. The Morgan fingerprint density at radius 3 is 2.75 bits per heavy atom. The van der Waals surface area contributed by atoms with Gasteiger partial charge in [-0.2, -0.15) is 0 Å². The lowest BCUT2D eigenvalue weighted by molar-refractivity contribution is -0.384. The van der Waals surface area contributed by atoms with Crippen LogP contribution < -0.4 is 5.32 Å². The molecule has 0 amide bonds. The molecule has 0 fully saturated rings. The molecule has 108 valence electrons. The molecule has 7 heteroatoms. The van der Waals surface area contributed by atoms with Crippen LogP contribution in [-0.2, 0) is 14.3 Å². The summed E-state index contributed by atoms with van der Waals surface area (Å²) >= 11 is 0. The molecule has 0 bridgehead atoms. The normalized spacial score (nSPS) is 10.8. The molecule has 20 heavy (non-hydrogen) atoms. The Bertz CT molecular complexity index is 513. The average Bonchev–Trinajstić information content (AvgIpc) is 2.44. The zero-order valence-corrected chi connectivity index (χ0v) is 11.3. The molecule has 1 aromatic carbocycles. The van der Waals surface area contributed by atoms with Gasteiger partial charge in [0.15, 0.2) is 5.70 Å². The van der Waals surface area contributed by atoms with E-state index >= 15 is 0 Å². The first kappa shape index (κ1) is 15.5. The number of carbonyl (C=O) groups is 1. The van der Waals surface area contributed by atoms with Gasteiger partial charge in [0.2, 0.25) is 0 Å². The number of carbonyl (C=O) groups excluding carboxylic acids is 1. The summed E-state index contributed by atoms with van der Waals surface area (Å²) in [6, 6.07) is 5.80. The van der Waals surface area contributed by atoms with Crippen LogP contribution in [0.2, 0.25) is 0 Å². The number of nitro groups is 1. The Balaban J connectivity index is 2.91. The number of anilines is 1. The number of esters is 1. The lowest BCUT2D eigenvalue weighted by Crippen LogP contribution is -2.15. The number of nitrogens with one attached hydrogen (secondary N) is 1. The van der Waals surface area contributed by atoms with Crippen LogP contribution in [0.1, 0.15) is 13.8 Å². The molecule has 0 atom stereocenters. The van der Waals surface area contributed by atoms with E-state index in [0.29, 0.717) is 12.3 Å². The number of rotatable bonds is 7. The highest BCUT2D eigenvalue weighted by molar-refractivity contribution is 5.91. The van der Waals surface area contributed by atoms with Crippen LogP contribution in [0.25, 0.3) is 0 Å². The fraction of sp³-hybridized carbons (Fsp3) is 0.308. The quantitative estimate of drug-likeness (QED) is 0.271. The van der Waals surface area contributed by atoms with Gasteiger partial charge in [0.25, 0.3) is 5.69 Å². The van der Waals surface area contributed by atoms with E-state index in [4.69, 9.17) is 9.47 Å². The summed E-state index contributed by atoms with van der Waals surface area (Å²) in [7, 11) is 0. The van der Waals surface area contributed by atoms with Crippen molar-refractivity contribution in [1.82, 2.24) is 0 Å². The molecular formula is C13H16N2O5. The number of hydrogen-bond acceptors (Lipinski definition) is 6. The molecule has 0 heterocycles. The molecule has 1 N–H and O–H groups in total. The van der Waals surface area contributed by atoms with Gasteiger partial charge >= 0.3 is 5.97 Å². The van der Waals surface area contributed by atoms with Crippen LogP contribution in [0.15, 0.2) is 36.2 Å². The molecule has 0 aliphatic carbocycles. The average molecular weight is 280 g/mol. The van der Waals surface area contributed by atoms with Crippen LogP contribution in [0.5, 0.6) is 0 Å². The second-order valence-electron chi connectivity index (χ2n) is 3.64. The highest BCUT2D eigenvalue weighted by Crippen LogP contribution is 2.18. The van der Waals surface area contributed by atoms with E-state index in [1.807, 2.05) is 0 Å². The third-order valence-corrected chi connectivity index (χ3v) is 2.20. The van der Waals surface area contributed by atoms with Gasteiger partial charge in [-0.25, -0.2) is 4.79 Å². The molecule has 0 radical (unpaired) electrons. The Morgan fingerprint density at radius 2 is 2.15 bits per heavy atom. The Morgan fingerprint density at radius 1 is 1.40 bits per heavy atom. The number of non-ortho nitro benzene ring substituents is 1. The fourth-order valence-electron chi connectivity index (χ4n) is 1.36. The van der Waals surface area contributed by atoms with Crippen LogP contribution in [0, 0.1) is 10.1 Å². The number of benzene rings is 1. The second-order valence-corrected chi connectivity index (χ2v) is 3.64. The van der Waals surface area contributed by atoms with E-state index in [0.717, 1.165) is 0 Å². The minimum Gasteiger partial charge on any atom is -0.499 e. The summed E-state index contributed by atoms with van der Waals surface area (Å²) < 4.78 is 9.92. The molecule has 0 saturated heterocycles. The first-order valence-electron chi connectivity index (χ1n) is 6.08. The summed E-state index contributed by atoms with van der Waals surface area (Å²) in [4.78, 5) is 21.9. The van der Waals surface area contributed by atoms with Gasteiger partial charge in [0, 0.05) is 17.8 Å². The zero-order valence-electron chi connectivity index (χ0n) is 11.3. The van der Waals surface area contributed by atoms with Gasteiger partial charge in [-0.3, -0.25) is 10.1 Å². The van der Waals surface area contributed by atoms with Crippen molar-refractivity contribution in [2.24, 2.45) is 0 Å². The van der Waals surface area contributed by atoms with Crippen LogP contribution >= 0.6 is 0 Å². The Labute approximate surface area is 116 Å². The van der Waals surface area contributed by atoms with Crippen LogP contribution in [0.3, 0.4) is 0 Å². The molecule has 0 spiro atoms. The number of nitro benzene ring substituents is 1. The van der Waals surface area contributed by atoms with E-state index in [-0.39, 0.29) is 18.0 Å². The maximum Gasteiger partial charge on any atom is 0.357 e. The predicted octanol–water partition coefficient (Wildman–Crippen LogP) is 2.45. The third-order valence-electron chi connectivity index (χ3n) is 2.20. The van der Waals surface area contributed by atoms with Crippen molar-refractivity contribution in [2.45, 2.75) is 13.8 Å². The van der Waals surface area contributed by atoms with E-state index in [2.05, 4.69) is 5.32 Å². The molecular weight excluding hydrogens is 264 g/mol. The van der Waals surface area contributed by atoms with Crippen molar-refractivity contribution >= 4 is 17.3 Å². The topological polar surface area (TPSA) is 90.7 Å². The Kier molecular flexibility index (Phi) is 6.02. The van der Waals surface area contributed by atoms with Gasteiger partial charge < -0.3 is 14.8 Å². The van der Waals surface area contributed by atoms with Crippen molar-refractivity contribution in [3.8, 4) is 0 Å². The summed E-state index contributed by atoms with van der Waals surface area (Å²) in [5.74, 6) is -0.590. The van der Waals surface area contributed by atoms with E-state index in [9.17, 15) is 14.9 Å². The Hall–Kier alpha value is -2.57. The van der Waals surface area contributed by atoms with Gasteiger partial charge in [-0.1, -0.05) is 6.07 Å². The van der Waals surface area contributed by atoms with Crippen LogP contribution in [-0.4, -0.2) is 24.1 Å². The lowest BCUT2D eigenvalue weighted by atomic mass is 10.2. The van der Waals surface area contributed by atoms with E-state index in [1.54, 1.807) is 19.9 Å². The van der Waals surface area contributed by atoms with Crippen molar-refractivity contribution < 1.29 is 19.2 Å². The first-order chi connectivity index (χ1) is 9.58. The maximum absolute atomic E-state index is 11.7. The summed E-state index contributed by atoms with van der Waals surface area (Å²) in [6.45, 7) is 4.06. The third kappa shape index (κ3) is 4.60. The number of nitrogens with zero attached hydrogens (tertiary/aromatic N) is 1. The predicted molar refractivity (Wildman–Crippen MR) is 73.1 cm³/mol. The van der Waals surface area contributed by atoms with E-state index < -0.39 is 10.9 Å².